The fourth-order valence-electron chi connectivity index (χ4n) is 2.20. The number of hydrogen-bond donors (Lipinski definition) is 0. The van der Waals surface area contributed by atoms with Gasteiger partial charge in [-0.1, -0.05) is 0 Å². The summed E-state index contributed by atoms with van der Waals surface area (Å²) in [7, 11) is 0. The van der Waals surface area contributed by atoms with Crippen LogP contribution in [0.3, 0.4) is 0 Å². The van der Waals surface area contributed by atoms with Crippen LogP contribution >= 0.6 is 0 Å². The first-order valence-electron chi connectivity index (χ1n) is 13.0. The molecule has 40 nitrogen and oxygen atoms in total. The van der Waals surface area contributed by atoms with Gasteiger partial charge in [-0.05, 0) is 0 Å². The summed E-state index contributed by atoms with van der Waals surface area (Å²) in [6.07, 6.45) is 0. The SMILES string of the molecule is C1COCCOCCOCCOCCO1.C1COCCOCCOCCOCCO1.O.O.O=[N+]([O-])[O-].O=[N+]([O-])[O-].O=[N+]([O-])[O-].O=[N+]([O-])[O-].[Ni+2].[Ni+2].[OH3+].[OH3+].[OH3+].[OH3+].[OH3+].[OH3+].[OH3+].[OH3+].[OH3+].[OH3+].[OH3+].[OH3+]. The van der Waals surface area contributed by atoms with Crippen LogP contribution in [0.15, 0.2) is 0 Å². The molecule has 0 aromatic carbocycles. The summed E-state index contributed by atoms with van der Waals surface area (Å²) in [5, 5.41) is 59.0. The first kappa shape index (κ1) is 130. The molecule has 0 aromatic rings. The standard InChI is InChI=1S/2C10H20O5.4NO3.2Ni.14H2O/c2*1-2-12-5-6-14-9-10-15-8-7-13-4-3-11-1;4*2-1(3)4;;;;;;;;;;;;;;;;/h2*1-10H2;;;;;;;14*1H2/q;;4*-1;2*+2;;;;;;;;;;;;;;/p+12. The van der Waals surface area contributed by atoms with Crippen LogP contribution in [0, 0.1) is 61.3 Å². The number of rotatable bonds is 0. The summed E-state index contributed by atoms with van der Waals surface area (Å²) in [5.74, 6) is 0. The zero-order valence-corrected chi connectivity index (χ0v) is 35.4. The zero-order chi connectivity index (χ0) is 35.5. The molecule has 0 bridgehead atoms. The molecule has 2 saturated heterocycles. The Hall–Kier alpha value is -3.17. The van der Waals surface area contributed by atoms with Crippen LogP contribution in [0.25, 0.3) is 0 Å². The van der Waals surface area contributed by atoms with Crippen molar-refractivity contribution in [1.29, 1.82) is 0 Å². The average Bonchev–Trinajstić information content (AvgIpc) is 2.96. The van der Waals surface area contributed by atoms with Gasteiger partial charge in [0.05, 0.1) is 152 Å². The number of hydrogen-bond acceptors (Lipinski definition) is 22. The van der Waals surface area contributed by atoms with E-state index in [0.717, 1.165) is 0 Å². The van der Waals surface area contributed by atoms with E-state index in [0.29, 0.717) is 132 Å². The third kappa shape index (κ3) is 246. The smallest absolute Gasteiger partial charge is 0.457 e. The Kier molecular flexibility index (Phi) is 261. The van der Waals surface area contributed by atoms with Gasteiger partial charge in [-0.2, -0.15) is 0 Å². The van der Waals surface area contributed by atoms with Gasteiger partial charge in [0.1, 0.15) is 0 Å². The summed E-state index contributed by atoms with van der Waals surface area (Å²) < 4.78 is 52.8. The van der Waals surface area contributed by atoms with Gasteiger partial charge in [0.25, 0.3) is 0 Å². The third-order valence-electron chi connectivity index (χ3n) is 3.72. The Morgan fingerprint density at radius 3 is 0.274 bits per heavy atom. The van der Waals surface area contributed by atoms with E-state index in [4.69, 9.17) is 109 Å². The topological polar surface area (TPSA) is 816 Å². The van der Waals surface area contributed by atoms with Crippen molar-refractivity contribution in [1.82, 2.24) is 0 Å². The Morgan fingerprint density at radius 2 is 0.242 bits per heavy atom. The molecule has 42 heteroatoms. The molecule has 0 amide bonds. The molecule has 0 atom stereocenters. The fourth-order valence-corrected chi connectivity index (χ4v) is 2.20. The van der Waals surface area contributed by atoms with Crippen LogP contribution in [0.5, 0.6) is 0 Å². The third-order valence-corrected chi connectivity index (χ3v) is 3.72. The van der Waals surface area contributed by atoms with E-state index in [-0.39, 0.29) is 110 Å². The van der Waals surface area contributed by atoms with Crippen LogP contribution in [0.4, 0.5) is 0 Å². The Bertz CT molecular complexity index is 481. The second-order valence-corrected chi connectivity index (χ2v) is 7.02. The van der Waals surface area contributed by atoms with Crippen molar-refractivity contribution in [2.24, 2.45) is 0 Å². The van der Waals surface area contributed by atoms with Crippen LogP contribution in [-0.4, -0.2) is 163 Å². The molecular formula is C20H80N4Ni2O36+12. The molecule has 0 radical (unpaired) electrons. The Labute approximate surface area is 370 Å². The molecular weight excluding hydrogens is 990 g/mol. The van der Waals surface area contributed by atoms with E-state index in [1.54, 1.807) is 0 Å². The van der Waals surface area contributed by atoms with Gasteiger partial charge < -0.3 is 185 Å². The molecule has 2 rings (SSSR count). The van der Waals surface area contributed by atoms with Gasteiger partial charge in [-0.25, -0.2) is 0 Å². The van der Waals surface area contributed by atoms with Crippen molar-refractivity contribution in [3.8, 4) is 0 Å². The molecule has 404 valence electrons. The van der Waals surface area contributed by atoms with Gasteiger partial charge in [-0.3, -0.25) is 0 Å². The molecule has 2 aliphatic rings. The number of nitrogens with zero attached hydrogens (tertiary/aromatic N) is 4. The van der Waals surface area contributed by atoms with Crippen molar-refractivity contribution in [3.63, 3.8) is 0 Å². The first-order valence-corrected chi connectivity index (χ1v) is 13.0. The van der Waals surface area contributed by atoms with Crippen LogP contribution in [-0.2, 0) is 146 Å². The second-order valence-electron chi connectivity index (χ2n) is 7.02. The maximum atomic E-state index is 8.25. The van der Waals surface area contributed by atoms with Crippen molar-refractivity contribution >= 4 is 0 Å². The largest absolute Gasteiger partial charge is 2.00 e. The minimum absolute atomic E-state index is 0. The zero-order valence-electron chi connectivity index (χ0n) is 33.5. The van der Waals surface area contributed by atoms with Crippen LogP contribution in [0.2, 0.25) is 0 Å². The Balaban J connectivity index is -0.0000000197. The van der Waals surface area contributed by atoms with Crippen molar-refractivity contribution in [2.45, 2.75) is 0 Å². The van der Waals surface area contributed by atoms with E-state index in [1.807, 2.05) is 0 Å². The summed E-state index contributed by atoms with van der Waals surface area (Å²) in [4.78, 5) is 33.0. The minimum Gasteiger partial charge on any atom is -0.457 e. The van der Waals surface area contributed by atoms with Crippen molar-refractivity contribution < 1.29 is 177 Å². The van der Waals surface area contributed by atoms with E-state index in [1.165, 1.54) is 0 Å². The maximum absolute atomic E-state index is 8.25. The average molecular weight is 1070 g/mol. The molecule has 0 spiro atoms. The molecule has 2 aliphatic heterocycles. The molecule has 0 unspecified atom stereocenters. The first-order chi connectivity index (χ1) is 21.9. The summed E-state index contributed by atoms with van der Waals surface area (Å²) in [6, 6.07) is 0. The molecule has 2 fully saturated rings. The van der Waals surface area contributed by atoms with Gasteiger partial charge in [0, 0.05) is 0 Å². The summed E-state index contributed by atoms with van der Waals surface area (Å²) in [6.45, 7) is 12.2. The molecule has 0 saturated carbocycles. The van der Waals surface area contributed by atoms with E-state index in [9.17, 15) is 0 Å². The monoisotopic (exact) mass is 1070 g/mol. The molecule has 0 aromatic heterocycles. The minimum atomic E-state index is -1.75. The van der Waals surface area contributed by atoms with Gasteiger partial charge >= 0.3 is 33.0 Å². The van der Waals surface area contributed by atoms with Gasteiger partial charge in [-0.15, -0.1) is 0 Å². The van der Waals surface area contributed by atoms with Crippen LogP contribution in [0.1, 0.15) is 0 Å². The second kappa shape index (κ2) is 124. The number of ether oxygens (including phenoxy) is 10. The van der Waals surface area contributed by atoms with Crippen molar-refractivity contribution in [3.05, 3.63) is 61.3 Å². The van der Waals surface area contributed by atoms with Crippen molar-refractivity contribution in [2.75, 3.05) is 132 Å². The quantitative estimate of drug-likeness (QED) is 0.0940. The van der Waals surface area contributed by atoms with E-state index < -0.39 is 20.3 Å². The van der Waals surface area contributed by atoms with Crippen LogP contribution < -0.4 is 0 Å². The summed E-state index contributed by atoms with van der Waals surface area (Å²) >= 11 is 0. The van der Waals surface area contributed by atoms with Gasteiger partial charge in [0.2, 0.25) is 0 Å². The van der Waals surface area contributed by atoms with Gasteiger partial charge in [0.15, 0.2) is 0 Å². The molecule has 2 heterocycles. The molecule has 0 aliphatic carbocycles. The van der Waals surface area contributed by atoms with E-state index >= 15 is 0 Å². The molecule has 40 N–H and O–H groups in total. The predicted octanol–water partition coefficient (Wildman–Crippen LogP) is -13.5. The maximum Gasteiger partial charge on any atom is 2.00 e. The predicted molar refractivity (Wildman–Crippen MR) is 215 cm³/mol. The molecule has 62 heavy (non-hydrogen) atoms. The Morgan fingerprint density at radius 1 is 0.210 bits per heavy atom. The summed E-state index contributed by atoms with van der Waals surface area (Å²) in [5.41, 5.74) is 0. The normalized spacial score (nSPS) is 13.2. The van der Waals surface area contributed by atoms with E-state index in [2.05, 4.69) is 0 Å². The fraction of sp³-hybridized carbons (Fsp3) is 1.00.